The number of guanidine groups is 1. The highest BCUT2D eigenvalue weighted by atomic mass is 16.2. The SMILES string of the molecule is CC(C)C(=O)CNC(=O)c1cccc(N=C(N)N)c1. The number of carbonyl (C=O) groups is 2. The van der Waals surface area contributed by atoms with Crippen LogP contribution in [-0.4, -0.2) is 24.2 Å². The molecule has 0 heterocycles. The van der Waals surface area contributed by atoms with Gasteiger partial charge in [-0.3, -0.25) is 9.59 Å². The van der Waals surface area contributed by atoms with Crippen LogP contribution >= 0.6 is 0 Å². The second-order valence-corrected chi connectivity index (χ2v) is 4.39. The number of nitrogens with one attached hydrogen (secondary N) is 1. The standard InChI is InChI=1S/C13H18N4O2/c1-8(2)11(18)7-16-12(19)9-4-3-5-10(6-9)17-13(14)15/h3-6,8H,7H2,1-2H3,(H,16,19)(H4,14,15,17). The van der Waals surface area contributed by atoms with Crippen LogP contribution in [0.4, 0.5) is 5.69 Å². The third-order valence-corrected chi connectivity index (χ3v) is 2.43. The molecule has 0 aliphatic rings. The minimum atomic E-state index is -0.332. The van der Waals surface area contributed by atoms with E-state index in [1.807, 2.05) is 0 Å². The predicted octanol–water partition coefficient (Wildman–Crippen LogP) is 0.546. The molecular weight excluding hydrogens is 244 g/mol. The fraction of sp³-hybridized carbons (Fsp3) is 0.308. The molecule has 0 fully saturated rings. The quantitative estimate of drug-likeness (QED) is 0.531. The molecule has 0 bridgehead atoms. The normalized spacial score (nSPS) is 10.1. The maximum atomic E-state index is 11.8. The van der Waals surface area contributed by atoms with Crippen molar-refractivity contribution in [2.24, 2.45) is 22.4 Å². The number of nitrogens with two attached hydrogens (primary N) is 2. The zero-order valence-electron chi connectivity index (χ0n) is 11.0. The number of nitrogens with zero attached hydrogens (tertiary/aromatic N) is 1. The number of carbonyl (C=O) groups excluding carboxylic acids is 2. The van der Waals surface area contributed by atoms with E-state index in [1.54, 1.807) is 38.1 Å². The molecule has 0 aliphatic carbocycles. The molecule has 6 nitrogen and oxygen atoms in total. The Morgan fingerprint density at radius 3 is 2.58 bits per heavy atom. The number of Topliss-reactive ketones (excluding diaryl/α,β-unsaturated/α-hetero) is 1. The predicted molar refractivity (Wildman–Crippen MR) is 74.1 cm³/mol. The molecule has 19 heavy (non-hydrogen) atoms. The molecule has 1 amide bonds. The average molecular weight is 262 g/mol. The van der Waals surface area contributed by atoms with Crippen molar-refractivity contribution in [3.63, 3.8) is 0 Å². The summed E-state index contributed by atoms with van der Waals surface area (Å²) in [6.45, 7) is 3.59. The molecule has 0 saturated carbocycles. The second kappa shape index (κ2) is 6.53. The minimum Gasteiger partial charge on any atom is -0.370 e. The molecule has 0 unspecified atom stereocenters. The Morgan fingerprint density at radius 1 is 1.32 bits per heavy atom. The monoisotopic (exact) mass is 262 g/mol. The summed E-state index contributed by atoms with van der Waals surface area (Å²) in [5.74, 6) is -0.531. The summed E-state index contributed by atoms with van der Waals surface area (Å²) in [6.07, 6.45) is 0. The van der Waals surface area contributed by atoms with Crippen LogP contribution in [-0.2, 0) is 4.79 Å². The van der Waals surface area contributed by atoms with E-state index in [4.69, 9.17) is 11.5 Å². The van der Waals surface area contributed by atoms with E-state index in [0.29, 0.717) is 11.3 Å². The van der Waals surface area contributed by atoms with Gasteiger partial charge in [-0.25, -0.2) is 4.99 Å². The molecule has 5 N–H and O–H groups in total. The lowest BCUT2D eigenvalue weighted by molar-refractivity contribution is -0.120. The lowest BCUT2D eigenvalue weighted by Crippen LogP contribution is -2.31. The number of amides is 1. The largest absolute Gasteiger partial charge is 0.370 e. The van der Waals surface area contributed by atoms with E-state index in [0.717, 1.165) is 0 Å². The molecule has 102 valence electrons. The van der Waals surface area contributed by atoms with Gasteiger partial charge in [0.25, 0.3) is 5.91 Å². The van der Waals surface area contributed by atoms with Gasteiger partial charge in [0.2, 0.25) is 0 Å². The van der Waals surface area contributed by atoms with E-state index in [1.165, 1.54) is 0 Å². The van der Waals surface area contributed by atoms with Crippen molar-refractivity contribution in [2.45, 2.75) is 13.8 Å². The average Bonchev–Trinajstić information content (AvgIpc) is 2.34. The van der Waals surface area contributed by atoms with Gasteiger partial charge in [-0.2, -0.15) is 0 Å². The van der Waals surface area contributed by atoms with Gasteiger partial charge in [0.15, 0.2) is 11.7 Å². The van der Waals surface area contributed by atoms with Crippen molar-refractivity contribution in [1.82, 2.24) is 5.32 Å². The van der Waals surface area contributed by atoms with Gasteiger partial charge in [0, 0.05) is 11.5 Å². The molecule has 0 spiro atoms. The second-order valence-electron chi connectivity index (χ2n) is 4.39. The van der Waals surface area contributed by atoms with Crippen LogP contribution < -0.4 is 16.8 Å². The van der Waals surface area contributed by atoms with Crippen molar-refractivity contribution in [1.29, 1.82) is 0 Å². The van der Waals surface area contributed by atoms with Crippen LogP contribution in [0.5, 0.6) is 0 Å². The van der Waals surface area contributed by atoms with E-state index in [2.05, 4.69) is 10.3 Å². The Bertz CT molecular complexity index is 505. The van der Waals surface area contributed by atoms with E-state index in [-0.39, 0.29) is 30.1 Å². The molecule has 6 heteroatoms. The molecule has 0 atom stereocenters. The van der Waals surface area contributed by atoms with Gasteiger partial charge in [0.05, 0.1) is 12.2 Å². The Balaban J connectivity index is 2.72. The fourth-order valence-electron chi connectivity index (χ4n) is 1.34. The van der Waals surface area contributed by atoms with E-state index < -0.39 is 0 Å². The van der Waals surface area contributed by atoms with Gasteiger partial charge >= 0.3 is 0 Å². The van der Waals surface area contributed by atoms with Crippen molar-refractivity contribution < 1.29 is 9.59 Å². The first-order valence-corrected chi connectivity index (χ1v) is 5.90. The highest BCUT2D eigenvalue weighted by Gasteiger charge is 2.10. The maximum absolute atomic E-state index is 11.8. The van der Waals surface area contributed by atoms with Crippen LogP contribution in [0.2, 0.25) is 0 Å². The molecule has 0 aromatic heterocycles. The number of ketones is 1. The number of aliphatic imine (C=N–C) groups is 1. The van der Waals surface area contributed by atoms with Crippen LogP contribution in [0.3, 0.4) is 0 Å². The minimum absolute atomic E-state index is 0.0169. The van der Waals surface area contributed by atoms with Gasteiger partial charge in [-0.15, -0.1) is 0 Å². The van der Waals surface area contributed by atoms with Crippen LogP contribution in [0, 0.1) is 5.92 Å². The van der Waals surface area contributed by atoms with Crippen LogP contribution in [0.25, 0.3) is 0 Å². The number of hydrogen-bond donors (Lipinski definition) is 3. The number of benzene rings is 1. The molecule has 1 aromatic carbocycles. The van der Waals surface area contributed by atoms with Crippen LogP contribution in [0.1, 0.15) is 24.2 Å². The Kier molecular flexibility index (Phi) is 5.05. The summed E-state index contributed by atoms with van der Waals surface area (Å²) < 4.78 is 0. The van der Waals surface area contributed by atoms with Gasteiger partial charge in [0.1, 0.15) is 0 Å². The van der Waals surface area contributed by atoms with Crippen molar-refractivity contribution in [3.05, 3.63) is 29.8 Å². The van der Waals surface area contributed by atoms with Crippen molar-refractivity contribution in [2.75, 3.05) is 6.54 Å². The smallest absolute Gasteiger partial charge is 0.251 e. The summed E-state index contributed by atoms with van der Waals surface area (Å²) >= 11 is 0. The molecule has 0 saturated heterocycles. The van der Waals surface area contributed by atoms with E-state index >= 15 is 0 Å². The molecule has 1 rings (SSSR count). The summed E-state index contributed by atoms with van der Waals surface area (Å²) in [5, 5.41) is 2.56. The fourth-order valence-corrected chi connectivity index (χ4v) is 1.34. The number of hydrogen-bond acceptors (Lipinski definition) is 3. The third-order valence-electron chi connectivity index (χ3n) is 2.43. The van der Waals surface area contributed by atoms with Crippen molar-refractivity contribution >= 4 is 23.3 Å². The zero-order valence-corrected chi connectivity index (χ0v) is 11.0. The summed E-state index contributed by atoms with van der Waals surface area (Å²) in [7, 11) is 0. The highest BCUT2D eigenvalue weighted by molar-refractivity contribution is 5.97. The third kappa shape index (κ3) is 4.79. The molecule has 0 aliphatic heterocycles. The summed E-state index contributed by atoms with van der Waals surface area (Å²) in [4.78, 5) is 27.1. The van der Waals surface area contributed by atoms with Gasteiger partial charge in [-0.05, 0) is 18.2 Å². The molecule has 0 radical (unpaired) electrons. The first-order valence-electron chi connectivity index (χ1n) is 5.90. The lowest BCUT2D eigenvalue weighted by Gasteiger charge is -2.07. The topological polar surface area (TPSA) is 111 Å². The first kappa shape index (κ1) is 14.7. The highest BCUT2D eigenvalue weighted by Crippen LogP contribution is 2.13. The van der Waals surface area contributed by atoms with Gasteiger partial charge < -0.3 is 16.8 Å². The Labute approximate surface area is 111 Å². The molecular formula is C13H18N4O2. The lowest BCUT2D eigenvalue weighted by atomic mass is 10.1. The van der Waals surface area contributed by atoms with Crippen molar-refractivity contribution in [3.8, 4) is 0 Å². The molecule has 1 aromatic rings. The maximum Gasteiger partial charge on any atom is 0.251 e. The van der Waals surface area contributed by atoms with E-state index in [9.17, 15) is 9.59 Å². The van der Waals surface area contributed by atoms with Gasteiger partial charge in [-0.1, -0.05) is 19.9 Å². The summed E-state index contributed by atoms with van der Waals surface area (Å²) in [6, 6.07) is 6.52. The Morgan fingerprint density at radius 2 is 2.00 bits per heavy atom. The van der Waals surface area contributed by atoms with Crippen LogP contribution in [0.15, 0.2) is 29.3 Å². The number of rotatable bonds is 5. The zero-order chi connectivity index (χ0) is 14.4. The first-order chi connectivity index (χ1) is 8.90. The Hall–Kier alpha value is -2.37. The summed E-state index contributed by atoms with van der Waals surface area (Å²) in [5.41, 5.74) is 11.4.